The number of hydrogen-bond donors (Lipinski definition) is 2. The minimum absolute atomic E-state index is 0. The fraction of sp³-hybridized carbons (Fsp3) is 1.00. The number of rotatable bonds is 1. The number of hydrogen-bond acceptors (Lipinski definition) is 3. The molecule has 2 nitrogen and oxygen atoms in total. The standard InChI is InChI=1S/C4H9ClN2S.ClH/c5-1-3-2-8-4(6)7-3;/h3-4,7H,1-2,6H2;1H. The topological polar surface area (TPSA) is 38.0 Å². The molecule has 0 saturated carbocycles. The van der Waals surface area contributed by atoms with Crippen molar-refractivity contribution in [2.75, 3.05) is 11.6 Å². The highest BCUT2D eigenvalue weighted by Gasteiger charge is 2.19. The second kappa shape index (κ2) is 4.63. The maximum atomic E-state index is 5.54. The van der Waals surface area contributed by atoms with Crippen molar-refractivity contribution in [3.05, 3.63) is 0 Å². The molecule has 0 spiro atoms. The summed E-state index contributed by atoms with van der Waals surface area (Å²) in [6.07, 6.45) is 0. The molecular weight excluding hydrogens is 179 g/mol. The van der Waals surface area contributed by atoms with Crippen molar-refractivity contribution in [3.8, 4) is 0 Å². The van der Waals surface area contributed by atoms with Gasteiger partial charge in [-0.15, -0.1) is 23.4 Å². The summed E-state index contributed by atoms with van der Waals surface area (Å²) in [6, 6.07) is 0.427. The SMILES string of the molecule is NC1NC(CCl)CS1.[Cl-].[H+]. The monoisotopic (exact) mass is 188 g/mol. The molecule has 0 aromatic carbocycles. The Morgan fingerprint density at radius 1 is 1.89 bits per heavy atom. The average molecular weight is 189 g/mol. The van der Waals surface area contributed by atoms with Crippen LogP contribution in [0.15, 0.2) is 0 Å². The van der Waals surface area contributed by atoms with Gasteiger partial charge in [-0.2, -0.15) is 0 Å². The molecule has 5 heteroatoms. The maximum Gasteiger partial charge on any atom is 1.00 e. The van der Waals surface area contributed by atoms with E-state index in [-0.39, 0.29) is 19.3 Å². The maximum absolute atomic E-state index is 5.54. The molecule has 2 atom stereocenters. The molecule has 1 fully saturated rings. The van der Waals surface area contributed by atoms with Gasteiger partial charge >= 0.3 is 1.43 Å². The van der Waals surface area contributed by atoms with Crippen molar-refractivity contribution in [2.45, 2.75) is 11.5 Å². The van der Waals surface area contributed by atoms with Crippen LogP contribution in [0.25, 0.3) is 0 Å². The molecule has 2 unspecified atom stereocenters. The molecule has 0 radical (unpaired) electrons. The zero-order valence-corrected chi connectivity index (χ0v) is 7.14. The van der Waals surface area contributed by atoms with Gasteiger partial charge < -0.3 is 18.1 Å². The summed E-state index contributed by atoms with van der Waals surface area (Å²) in [5, 5.41) is 3.11. The zero-order chi connectivity index (χ0) is 5.98. The second-order valence-corrected chi connectivity index (χ2v) is 3.25. The fourth-order valence-electron chi connectivity index (χ4n) is 0.637. The van der Waals surface area contributed by atoms with Gasteiger partial charge in [0.2, 0.25) is 0 Å². The molecule has 3 N–H and O–H groups in total. The summed E-state index contributed by atoms with van der Waals surface area (Å²) in [5.74, 6) is 1.71. The molecule has 0 bridgehead atoms. The second-order valence-electron chi connectivity index (χ2n) is 1.77. The summed E-state index contributed by atoms with van der Waals surface area (Å²) in [6.45, 7) is 0. The van der Waals surface area contributed by atoms with Crippen molar-refractivity contribution in [1.29, 1.82) is 0 Å². The van der Waals surface area contributed by atoms with Crippen molar-refractivity contribution < 1.29 is 13.8 Å². The van der Waals surface area contributed by atoms with E-state index in [1.165, 1.54) is 0 Å². The van der Waals surface area contributed by atoms with Gasteiger partial charge in [-0.25, -0.2) is 0 Å². The average Bonchev–Trinajstić information content (AvgIpc) is 2.14. The van der Waals surface area contributed by atoms with E-state index in [9.17, 15) is 0 Å². The lowest BCUT2D eigenvalue weighted by Crippen LogP contribution is -3.00. The lowest BCUT2D eigenvalue weighted by Gasteiger charge is -2.03. The van der Waals surface area contributed by atoms with Gasteiger partial charge in [0.25, 0.3) is 0 Å². The molecule has 0 aromatic heterocycles. The first kappa shape index (κ1) is 9.85. The van der Waals surface area contributed by atoms with Crippen molar-refractivity contribution in [2.24, 2.45) is 5.73 Å². The Kier molecular flexibility index (Phi) is 5.07. The molecule has 1 rings (SSSR count). The van der Waals surface area contributed by atoms with Crippen LogP contribution in [0.5, 0.6) is 0 Å². The van der Waals surface area contributed by atoms with Crippen LogP contribution in [0, 0.1) is 0 Å². The van der Waals surface area contributed by atoms with Crippen molar-refractivity contribution in [1.82, 2.24) is 5.32 Å². The van der Waals surface area contributed by atoms with Crippen LogP contribution in [-0.4, -0.2) is 23.2 Å². The van der Waals surface area contributed by atoms with E-state index in [1.54, 1.807) is 11.8 Å². The van der Waals surface area contributed by atoms with Crippen molar-refractivity contribution in [3.63, 3.8) is 0 Å². The van der Waals surface area contributed by atoms with Crippen LogP contribution in [-0.2, 0) is 0 Å². The third kappa shape index (κ3) is 2.96. The van der Waals surface area contributed by atoms with Gasteiger partial charge in [0.1, 0.15) is 5.50 Å². The Morgan fingerprint density at radius 3 is 2.78 bits per heavy atom. The van der Waals surface area contributed by atoms with Gasteiger partial charge in [0.15, 0.2) is 0 Å². The number of nitrogens with one attached hydrogen (secondary N) is 1. The Hall–Kier alpha value is 0.850. The summed E-state index contributed by atoms with van der Waals surface area (Å²) in [4.78, 5) is 0. The van der Waals surface area contributed by atoms with Crippen LogP contribution in [0.2, 0.25) is 0 Å². The lowest BCUT2D eigenvalue weighted by molar-refractivity contribution is -0.00000176. The van der Waals surface area contributed by atoms with Crippen LogP contribution < -0.4 is 23.5 Å². The number of nitrogens with two attached hydrogens (primary N) is 1. The predicted octanol–water partition coefficient (Wildman–Crippen LogP) is -2.71. The molecule has 0 amide bonds. The van der Waals surface area contributed by atoms with E-state index < -0.39 is 0 Å². The largest absolute Gasteiger partial charge is 1.00 e. The summed E-state index contributed by atoms with van der Waals surface area (Å²) >= 11 is 7.25. The first-order valence-electron chi connectivity index (χ1n) is 2.52. The van der Waals surface area contributed by atoms with E-state index in [0.29, 0.717) is 11.9 Å². The number of thioether (sulfide) groups is 1. The molecule has 0 aromatic rings. The Balaban J connectivity index is 0. The number of alkyl halides is 1. The fourth-order valence-corrected chi connectivity index (χ4v) is 1.91. The molecule has 1 heterocycles. The van der Waals surface area contributed by atoms with E-state index in [1.807, 2.05) is 0 Å². The zero-order valence-electron chi connectivity index (χ0n) is 5.81. The summed E-state index contributed by atoms with van der Waals surface area (Å²) in [5.41, 5.74) is 5.60. The molecule has 56 valence electrons. The molecule has 9 heavy (non-hydrogen) atoms. The molecule has 0 aliphatic carbocycles. The van der Waals surface area contributed by atoms with Gasteiger partial charge in [0, 0.05) is 17.7 Å². The summed E-state index contributed by atoms with van der Waals surface area (Å²) < 4.78 is 0. The molecule has 1 aliphatic rings. The molecule has 1 saturated heterocycles. The smallest absolute Gasteiger partial charge is 1.00 e. The Bertz CT molecular complexity index is 87.7. The van der Waals surface area contributed by atoms with E-state index in [2.05, 4.69) is 5.32 Å². The van der Waals surface area contributed by atoms with Gasteiger partial charge in [-0.1, -0.05) is 0 Å². The third-order valence-electron chi connectivity index (χ3n) is 1.06. The minimum Gasteiger partial charge on any atom is -1.00 e. The third-order valence-corrected chi connectivity index (χ3v) is 2.53. The first-order chi connectivity index (χ1) is 3.83. The van der Waals surface area contributed by atoms with Crippen LogP contribution in [0.3, 0.4) is 0 Å². The predicted molar refractivity (Wildman–Crippen MR) is 39.2 cm³/mol. The summed E-state index contributed by atoms with van der Waals surface area (Å²) in [7, 11) is 0. The van der Waals surface area contributed by atoms with Gasteiger partial charge in [-0.05, 0) is 0 Å². The highest BCUT2D eigenvalue weighted by atomic mass is 35.5. The van der Waals surface area contributed by atoms with Crippen LogP contribution in [0.1, 0.15) is 1.43 Å². The molecular formula is C4H10Cl2N2S. The molecule has 1 aliphatic heterocycles. The van der Waals surface area contributed by atoms with E-state index in [0.717, 1.165) is 5.75 Å². The normalized spacial score (nSPS) is 34.0. The van der Waals surface area contributed by atoms with E-state index in [4.69, 9.17) is 17.3 Å². The number of halogens is 2. The minimum atomic E-state index is 0. The van der Waals surface area contributed by atoms with Crippen LogP contribution >= 0.6 is 23.4 Å². The lowest BCUT2D eigenvalue weighted by atomic mass is 10.4. The Labute approximate surface area is 71.8 Å². The highest BCUT2D eigenvalue weighted by Crippen LogP contribution is 2.14. The first-order valence-corrected chi connectivity index (χ1v) is 4.10. The van der Waals surface area contributed by atoms with Gasteiger partial charge in [0.05, 0.1) is 0 Å². The van der Waals surface area contributed by atoms with E-state index >= 15 is 0 Å². The highest BCUT2D eigenvalue weighted by molar-refractivity contribution is 8.00. The Morgan fingerprint density at radius 2 is 2.56 bits per heavy atom. The quantitative estimate of drug-likeness (QED) is 0.440. The van der Waals surface area contributed by atoms with Crippen LogP contribution in [0.4, 0.5) is 0 Å². The van der Waals surface area contributed by atoms with Gasteiger partial charge in [-0.3, -0.25) is 5.32 Å². The van der Waals surface area contributed by atoms with Crippen molar-refractivity contribution >= 4 is 23.4 Å².